The van der Waals surface area contributed by atoms with Gasteiger partial charge in [-0.1, -0.05) is 0 Å². The molecule has 0 aliphatic rings. The molecule has 0 spiro atoms. The third-order valence-electron chi connectivity index (χ3n) is 1.73. The fourth-order valence-corrected chi connectivity index (χ4v) is 2.14. The topological polar surface area (TPSA) is 18.5 Å². The predicted octanol–water partition coefficient (Wildman–Crippen LogP) is 6.04. The number of hydrogen-bond acceptors (Lipinski definition) is 2. The Morgan fingerprint density at radius 1 is 0.458 bits per heavy atom. The van der Waals surface area contributed by atoms with E-state index in [9.17, 15) is 65.3 Å². The first-order valence-electron chi connectivity index (χ1n) is 4.77. The molecule has 0 aromatic heterocycles. The van der Waals surface area contributed by atoms with Crippen LogP contribution in [-0.2, 0) is 9.05 Å². The van der Waals surface area contributed by atoms with Crippen molar-refractivity contribution in [2.45, 2.75) is 36.9 Å². The van der Waals surface area contributed by atoms with E-state index in [2.05, 4.69) is 0 Å². The Labute approximate surface area is 120 Å². The van der Waals surface area contributed by atoms with Gasteiger partial charge in [0.25, 0.3) is 0 Å². The SMILES string of the molecule is FC(F)(F)C(OP(F)(F)(F)OC(C(F)(F)F)C(F)(F)F)C(F)(F)F. The Morgan fingerprint density at radius 2 is 0.625 bits per heavy atom. The summed E-state index contributed by atoms with van der Waals surface area (Å²) in [5, 5.41) is 0. The Morgan fingerprint density at radius 3 is 0.750 bits per heavy atom. The maximum absolute atomic E-state index is 12.8. The molecular weight excluding hydrogens is 420 g/mol. The van der Waals surface area contributed by atoms with Crippen molar-refractivity contribution in [3.05, 3.63) is 0 Å². The zero-order chi connectivity index (χ0) is 20.0. The first-order valence-corrected chi connectivity index (χ1v) is 6.51. The second kappa shape index (κ2) is 5.93. The number of alkyl halides is 12. The second-order valence-corrected chi connectivity index (χ2v) is 5.60. The van der Waals surface area contributed by atoms with Crippen LogP contribution in [0.2, 0.25) is 0 Å². The minimum absolute atomic E-state index is 1.63. The van der Waals surface area contributed by atoms with E-state index in [1.165, 1.54) is 0 Å². The summed E-state index contributed by atoms with van der Waals surface area (Å²) in [6.45, 7) is 0. The summed E-state index contributed by atoms with van der Waals surface area (Å²) in [6, 6.07) is 0. The van der Waals surface area contributed by atoms with Crippen LogP contribution in [0.1, 0.15) is 0 Å². The zero-order valence-corrected chi connectivity index (χ0v) is 11.0. The normalized spacial score (nSPS) is 17.3. The van der Waals surface area contributed by atoms with Crippen LogP contribution >= 0.6 is 7.99 Å². The Hall–Kier alpha value is -0.700. The molecule has 0 heterocycles. The zero-order valence-electron chi connectivity index (χ0n) is 10.1. The summed E-state index contributed by atoms with van der Waals surface area (Å²) < 4.78 is 184. The summed E-state index contributed by atoms with van der Waals surface area (Å²) in [5.74, 6) is 0. The van der Waals surface area contributed by atoms with Gasteiger partial charge in [0.05, 0.1) is 0 Å². The van der Waals surface area contributed by atoms with Gasteiger partial charge in [0, 0.05) is 0 Å². The second-order valence-electron chi connectivity index (χ2n) is 3.82. The van der Waals surface area contributed by atoms with E-state index in [0.29, 0.717) is 0 Å². The summed E-state index contributed by atoms with van der Waals surface area (Å²) in [7, 11) is -10.1. The van der Waals surface area contributed by atoms with Crippen molar-refractivity contribution in [2.24, 2.45) is 0 Å². The minimum atomic E-state index is -10.1. The maximum atomic E-state index is 12.8. The summed E-state index contributed by atoms with van der Waals surface area (Å²) in [5.41, 5.74) is 0. The van der Waals surface area contributed by atoms with Gasteiger partial charge in [-0.3, -0.25) is 0 Å². The van der Waals surface area contributed by atoms with Gasteiger partial charge in [0.2, 0.25) is 0 Å². The molecule has 2 nitrogen and oxygen atoms in total. The van der Waals surface area contributed by atoms with Crippen molar-refractivity contribution in [3.8, 4) is 0 Å². The summed E-state index contributed by atoms with van der Waals surface area (Å²) in [6.07, 6.45) is -38.8. The molecule has 0 atom stereocenters. The molecule has 0 amide bonds. The summed E-state index contributed by atoms with van der Waals surface area (Å²) >= 11 is 0. The van der Waals surface area contributed by atoms with Crippen molar-refractivity contribution < 1.29 is 74.3 Å². The molecule has 0 rings (SSSR count). The molecule has 0 radical (unpaired) electrons. The van der Waals surface area contributed by atoms with Gasteiger partial charge in [0.15, 0.2) is 0 Å². The first kappa shape index (κ1) is 23.3. The molecule has 0 bridgehead atoms. The van der Waals surface area contributed by atoms with Crippen LogP contribution < -0.4 is 0 Å². The van der Waals surface area contributed by atoms with Crippen molar-refractivity contribution in [1.82, 2.24) is 0 Å². The third kappa shape index (κ3) is 7.04. The Bertz CT molecular complexity index is 369. The van der Waals surface area contributed by atoms with E-state index in [1.807, 2.05) is 0 Å². The van der Waals surface area contributed by atoms with Crippen molar-refractivity contribution in [1.29, 1.82) is 0 Å². The molecular formula is C6H2F15O2P. The van der Waals surface area contributed by atoms with Gasteiger partial charge in [-0.2, -0.15) is 0 Å². The molecule has 0 N–H and O–H groups in total. The van der Waals surface area contributed by atoms with E-state index in [1.54, 1.807) is 9.05 Å². The molecule has 0 aliphatic carbocycles. The van der Waals surface area contributed by atoms with E-state index in [4.69, 9.17) is 0 Å². The van der Waals surface area contributed by atoms with Crippen LogP contribution in [0.3, 0.4) is 0 Å². The van der Waals surface area contributed by atoms with Gasteiger partial charge >= 0.3 is 119 Å². The average Bonchev–Trinajstić information content (AvgIpc) is 2.16. The van der Waals surface area contributed by atoms with Gasteiger partial charge in [-0.15, -0.1) is 0 Å². The third-order valence-corrected chi connectivity index (χ3v) is 2.80. The molecule has 0 aromatic rings. The van der Waals surface area contributed by atoms with Crippen LogP contribution in [0.25, 0.3) is 0 Å². The first-order chi connectivity index (χ1) is 9.95. The standard InChI is InChI=1S/C6H2F15O2P/c7-3(8,9)1(4(10,11)12)22-24(19,20,21)23-2(5(13,14)15)6(16,17)18/h1-2H. The summed E-state index contributed by atoms with van der Waals surface area (Å²) in [4.78, 5) is 0. The Kier molecular flexibility index (Phi) is 5.76. The quantitative estimate of drug-likeness (QED) is 0.406. The fraction of sp³-hybridized carbons (Fsp3) is 1.00. The molecule has 0 aliphatic heterocycles. The monoisotopic (exact) mass is 422 g/mol. The van der Waals surface area contributed by atoms with Gasteiger partial charge < -0.3 is 0 Å². The van der Waals surface area contributed by atoms with Crippen molar-refractivity contribution in [2.75, 3.05) is 0 Å². The van der Waals surface area contributed by atoms with Crippen molar-refractivity contribution in [3.63, 3.8) is 0 Å². The molecule has 148 valence electrons. The van der Waals surface area contributed by atoms with Gasteiger partial charge in [-0.25, -0.2) is 0 Å². The molecule has 18 heteroatoms. The molecule has 0 saturated carbocycles. The number of rotatable bonds is 4. The van der Waals surface area contributed by atoms with E-state index >= 15 is 0 Å². The van der Waals surface area contributed by atoms with Crippen LogP contribution in [0, 0.1) is 0 Å². The fourth-order valence-electron chi connectivity index (χ4n) is 0.960. The molecule has 0 saturated heterocycles. The number of halogens is 15. The molecule has 24 heavy (non-hydrogen) atoms. The molecule has 0 unspecified atom stereocenters. The van der Waals surface area contributed by atoms with Crippen LogP contribution in [0.15, 0.2) is 0 Å². The average molecular weight is 422 g/mol. The van der Waals surface area contributed by atoms with Crippen molar-refractivity contribution >= 4 is 7.99 Å². The van der Waals surface area contributed by atoms with Gasteiger partial charge in [0.1, 0.15) is 0 Å². The molecule has 0 aromatic carbocycles. The Balaban J connectivity index is 5.80. The van der Waals surface area contributed by atoms with E-state index in [0.717, 1.165) is 0 Å². The predicted molar refractivity (Wildman–Crippen MR) is 44.2 cm³/mol. The number of hydrogen-bond donors (Lipinski definition) is 0. The van der Waals surface area contributed by atoms with Crippen LogP contribution in [-0.4, -0.2) is 36.9 Å². The van der Waals surface area contributed by atoms with Crippen LogP contribution in [0.4, 0.5) is 65.3 Å². The van der Waals surface area contributed by atoms with Crippen LogP contribution in [0.5, 0.6) is 0 Å². The molecule has 0 fully saturated rings. The van der Waals surface area contributed by atoms with E-state index in [-0.39, 0.29) is 0 Å². The van der Waals surface area contributed by atoms with Gasteiger partial charge in [-0.05, 0) is 0 Å². The van der Waals surface area contributed by atoms with E-state index < -0.39 is 44.9 Å².